The minimum absolute atomic E-state index is 0.0295. The first-order valence-corrected chi connectivity index (χ1v) is 7.32. The third-order valence-electron chi connectivity index (χ3n) is 2.09. The van der Waals surface area contributed by atoms with E-state index in [1.807, 2.05) is 0 Å². The number of aldehydes is 1. The number of hydrogen-bond donors (Lipinski definition) is 1. The number of hydrogen-bond acceptors (Lipinski definition) is 7. The third kappa shape index (κ3) is 9.49. The fourth-order valence-electron chi connectivity index (χ4n) is 1.05. The Kier molecular flexibility index (Phi) is 10.2. The highest BCUT2D eigenvalue weighted by molar-refractivity contribution is 7.99. The molecule has 0 aliphatic rings. The van der Waals surface area contributed by atoms with Crippen molar-refractivity contribution in [2.45, 2.75) is 38.8 Å². The second-order valence-electron chi connectivity index (χ2n) is 3.84. The minimum atomic E-state index is -0.536. The lowest BCUT2D eigenvalue weighted by Crippen LogP contribution is -2.29. The molecule has 0 radical (unpaired) electrons. The molecular weight excluding hydrogens is 270 g/mol. The highest BCUT2D eigenvalue weighted by atomic mass is 32.2. The summed E-state index contributed by atoms with van der Waals surface area (Å²) in [5.41, 5.74) is 5.45. The molecule has 0 saturated carbocycles. The molecule has 2 atom stereocenters. The maximum absolute atomic E-state index is 11.2. The molecule has 7 heteroatoms. The van der Waals surface area contributed by atoms with Crippen LogP contribution in [0.1, 0.15) is 26.7 Å². The van der Waals surface area contributed by atoms with E-state index in [0.717, 1.165) is 0 Å². The van der Waals surface area contributed by atoms with E-state index in [9.17, 15) is 14.4 Å². The molecule has 0 aliphatic heterocycles. The lowest BCUT2D eigenvalue weighted by atomic mass is 10.4. The molecule has 110 valence electrons. The van der Waals surface area contributed by atoms with Gasteiger partial charge in [0.25, 0.3) is 0 Å². The van der Waals surface area contributed by atoms with Gasteiger partial charge in [-0.3, -0.25) is 9.59 Å². The second-order valence-corrected chi connectivity index (χ2v) is 4.91. The van der Waals surface area contributed by atoms with Crippen LogP contribution in [-0.4, -0.2) is 48.5 Å². The summed E-state index contributed by atoms with van der Waals surface area (Å²) in [4.78, 5) is 32.7. The molecule has 0 aromatic heterocycles. The van der Waals surface area contributed by atoms with Gasteiger partial charge < -0.3 is 20.0 Å². The second kappa shape index (κ2) is 10.8. The van der Waals surface area contributed by atoms with Crippen molar-refractivity contribution in [3.8, 4) is 0 Å². The van der Waals surface area contributed by atoms with E-state index < -0.39 is 12.1 Å². The maximum Gasteiger partial charge on any atom is 0.305 e. The predicted molar refractivity (Wildman–Crippen MR) is 72.8 cm³/mol. The molecule has 0 fully saturated rings. The van der Waals surface area contributed by atoms with E-state index in [-0.39, 0.29) is 31.4 Å². The smallest absolute Gasteiger partial charge is 0.305 e. The van der Waals surface area contributed by atoms with Crippen molar-refractivity contribution in [1.29, 1.82) is 0 Å². The molecule has 0 rings (SSSR count). The van der Waals surface area contributed by atoms with Crippen LogP contribution in [0.2, 0.25) is 0 Å². The van der Waals surface area contributed by atoms with Gasteiger partial charge in [-0.1, -0.05) is 13.8 Å². The van der Waals surface area contributed by atoms with Crippen LogP contribution in [0.25, 0.3) is 0 Å². The zero-order valence-corrected chi connectivity index (χ0v) is 12.1. The van der Waals surface area contributed by atoms with Crippen LogP contribution in [0, 0.1) is 0 Å². The summed E-state index contributed by atoms with van der Waals surface area (Å²) < 4.78 is 10.1. The van der Waals surface area contributed by atoms with Crippen molar-refractivity contribution in [3.63, 3.8) is 0 Å². The van der Waals surface area contributed by atoms with Crippen LogP contribution in [0.5, 0.6) is 0 Å². The van der Waals surface area contributed by atoms with Gasteiger partial charge >= 0.3 is 11.9 Å². The fourth-order valence-corrected chi connectivity index (χ4v) is 1.96. The van der Waals surface area contributed by atoms with Crippen LogP contribution in [0.4, 0.5) is 0 Å². The first-order valence-electron chi connectivity index (χ1n) is 6.17. The Morgan fingerprint density at radius 2 is 1.84 bits per heavy atom. The minimum Gasteiger partial charge on any atom is -0.462 e. The van der Waals surface area contributed by atoms with Crippen molar-refractivity contribution in [2.75, 3.05) is 18.1 Å². The molecule has 2 N–H and O–H groups in total. The number of carbonyl (C=O) groups is 3. The molecule has 0 bridgehead atoms. The largest absolute Gasteiger partial charge is 0.462 e. The van der Waals surface area contributed by atoms with E-state index in [1.165, 1.54) is 11.8 Å². The van der Waals surface area contributed by atoms with Gasteiger partial charge in [-0.05, 0) is 0 Å². The Hall–Kier alpha value is -1.08. The molecule has 0 spiro atoms. The van der Waals surface area contributed by atoms with Crippen molar-refractivity contribution >= 4 is 30.0 Å². The van der Waals surface area contributed by atoms with E-state index in [2.05, 4.69) is 0 Å². The molecule has 0 saturated heterocycles. The summed E-state index contributed by atoms with van der Waals surface area (Å²) >= 11 is 1.38. The van der Waals surface area contributed by atoms with Crippen LogP contribution < -0.4 is 5.73 Å². The number of rotatable bonds is 10. The van der Waals surface area contributed by atoms with Crippen molar-refractivity contribution in [2.24, 2.45) is 5.73 Å². The number of nitrogens with two attached hydrogens (primary N) is 1. The molecule has 19 heavy (non-hydrogen) atoms. The first-order chi connectivity index (χ1) is 9.03. The predicted octanol–water partition coefficient (Wildman–Crippen LogP) is 0.521. The van der Waals surface area contributed by atoms with E-state index in [4.69, 9.17) is 15.2 Å². The molecule has 0 heterocycles. The Morgan fingerprint density at radius 1 is 1.21 bits per heavy atom. The summed E-state index contributed by atoms with van der Waals surface area (Å²) in [5.74, 6) is 0.181. The summed E-state index contributed by atoms with van der Waals surface area (Å²) in [6, 6.07) is -0.536. The van der Waals surface area contributed by atoms with Crippen LogP contribution in [0.3, 0.4) is 0 Å². The number of carbonyl (C=O) groups excluding carboxylic acids is 3. The van der Waals surface area contributed by atoms with Crippen LogP contribution in [0.15, 0.2) is 0 Å². The monoisotopic (exact) mass is 291 g/mol. The molecule has 0 aromatic carbocycles. The van der Waals surface area contributed by atoms with Gasteiger partial charge in [-0.2, -0.15) is 11.8 Å². The normalized spacial score (nSPS) is 13.4. The molecule has 0 amide bonds. The quantitative estimate of drug-likeness (QED) is 0.463. The Labute approximate surface area is 117 Å². The molecule has 6 nitrogen and oxygen atoms in total. The van der Waals surface area contributed by atoms with Gasteiger partial charge in [-0.25, -0.2) is 0 Å². The lowest BCUT2D eigenvalue weighted by molar-refractivity contribution is -0.157. The summed E-state index contributed by atoms with van der Waals surface area (Å²) in [6.07, 6.45) is 0.692. The van der Waals surface area contributed by atoms with Crippen molar-refractivity contribution < 1.29 is 23.9 Å². The van der Waals surface area contributed by atoms with Gasteiger partial charge in [0, 0.05) is 24.3 Å². The summed E-state index contributed by atoms with van der Waals surface area (Å²) in [5, 5.41) is 0. The van der Waals surface area contributed by atoms with Gasteiger partial charge in [0.15, 0.2) is 0 Å². The Morgan fingerprint density at radius 3 is 2.37 bits per heavy atom. The first kappa shape index (κ1) is 17.9. The van der Waals surface area contributed by atoms with E-state index in [1.54, 1.807) is 13.8 Å². The molecule has 0 aliphatic carbocycles. The van der Waals surface area contributed by atoms with Crippen molar-refractivity contribution in [1.82, 2.24) is 0 Å². The SMILES string of the molecule is CCC(=O)OCC(CSCC(N)C=O)OC(=O)CC. The third-order valence-corrected chi connectivity index (χ3v) is 3.32. The standard InChI is InChI=1S/C12H21NO5S/c1-3-11(15)17-6-10(18-12(16)4-2)8-19-7-9(13)5-14/h5,9-10H,3-4,6-8,13H2,1-2H3. The molecule has 2 unspecified atom stereocenters. The summed E-state index contributed by atoms with van der Waals surface area (Å²) in [6.45, 7) is 3.40. The molecular formula is C12H21NO5S. The maximum atomic E-state index is 11.2. The van der Waals surface area contributed by atoms with Crippen LogP contribution in [-0.2, 0) is 23.9 Å². The average Bonchev–Trinajstić information content (AvgIpc) is 2.43. The van der Waals surface area contributed by atoms with Gasteiger partial charge in [0.1, 0.15) is 19.0 Å². The van der Waals surface area contributed by atoms with Gasteiger partial charge in [0.2, 0.25) is 0 Å². The zero-order valence-electron chi connectivity index (χ0n) is 11.3. The lowest BCUT2D eigenvalue weighted by Gasteiger charge is -2.17. The zero-order chi connectivity index (χ0) is 14.7. The average molecular weight is 291 g/mol. The Balaban J connectivity index is 4.13. The number of thioether (sulfide) groups is 1. The number of ether oxygens (including phenoxy) is 2. The van der Waals surface area contributed by atoms with Crippen molar-refractivity contribution in [3.05, 3.63) is 0 Å². The molecule has 0 aromatic rings. The fraction of sp³-hybridized carbons (Fsp3) is 0.750. The van der Waals surface area contributed by atoms with Gasteiger partial charge in [-0.15, -0.1) is 0 Å². The van der Waals surface area contributed by atoms with E-state index in [0.29, 0.717) is 17.8 Å². The summed E-state index contributed by atoms with van der Waals surface area (Å²) in [7, 11) is 0. The van der Waals surface area contributed by atoms with E-state index >= 15 is 0 Å². The number of esters is 2. The van der Waals surface area contributed by atoms with Gasteiger partial charge in [0.05, 0.1) is 6.04 Å². The topological polar surface area (TPSA) is 95.7 Å². The Bertz CT molecular complexity index is 298. The highest BCUT2D eigenvalue weighted by Gasteiger charge is 2.16. The highest BCUT2D eigenvalue weighted by Crippen LogP contribution is 2.09. The van der Waals surface area contributed by atoms with Crippen LogP contribution >= 0.6 is 11.8 Å².